The van der Waals surface area contributed by atoms with E-state index in [2.05, 4.69) is 9.97 Å². The molecular weight excluding hydrogens is 370 g/mol. The molecule has 0 aliphatic heterocycles. The SMILES string of the molecule is COc1ccc2nc(N(Cc3ccccn3)C(=O)CSC(C)=O)sc2c1. The van der Waals surface area contributed by atoms with E-state index >= 15 is 0 Å². The number of thiazole rings is 1. The van der Waals surface area contributed by atoms with E-state index in [9.17, 15) is 9.59 Å². The van der Waals surface area contributed by atoms with Gasteiger partial charge in [-0.3, -0.25) is 19.5 Å². The van der Waals surface area contributed by atoms with Gasteiger partial charge in [-0.2, -0.15) is 0 Å². The van der Waals surface area contributed by atoms with Gasteiger partial charge in [-0.15, -0.1) is 0 Å². The molecule has 0 saturated carbocycles. The summed E-state index contributed by atoms with van der Waals surface area (Å²) in [7, 11) is 1.61. The summed E-state index contributed by atoms with van der Waals surface area (Å²) >= 11 is 2.40. The van der Waals surface area contributed by atoms with E-state index in [-0.39, 0.29) is 16.8 Å². The summed E-state index contributed by atoms with van der Waals surface area (Å²) in [6, 6.07) is 11.1. The molecule has 0 atom stereocenters. The van der Waals surface area contributed by atoms with Crippen molar-refractivity contribution in [3.05, 3.63) is 48.3 Å². The molecule has 8 heteroatoms. The Kier molecular flexibility index (Phi) is 5.85. The minimum absolute atomic E-state index is 0.0708. The van der Waals surface area contributed by atoms with Crippen molar-refractivity contribution >= 4 is 49.5 Å². The third-order valence-corrected chi connectivity index (χ3v) is 5.40. The summed E-state index contributed by atoms with van der Waals surface area (Å²) in [6.07, 6.45) is 1.69. The van der Waals surface area contributed by atoms with E-state index in [1.54, 1.807) is 18.2 Å². The average Bonchev–Trinajstić information content (AvgIpc) is 3.07. The van der Waals surface area contributed by atoms with Gasteiger partial charge in [-0.25, -0.2) is 4.98 Å². The molecule has 0 bridgehead atoms. The molecule has 6 nitrogen and oxygen atoms in total. The first kappa shape index (κ1) is 18.3. The van der Waals surface area contributed by atoms with Crippen molar-refractivity contribution in [2.45, 2.75) is 13.5 Å². The van der Waals surface area contributed by atoms with E-state index in [1.807, 2.05) is 36.4 Å². The maximum absolute atomic E-state index is 12.7. The summed E-state index contributed by atoms with van der Waals surface area (Å²) in [5.74, 6) is 0.630. The minimum atomic E-state index is -0.179. The predicted molar refractivity (Wildman–Crippen MR) is 105 cm³/mol. The summed E-state index contributed by atoms with van der Waals surface area (Å²) < 4.78 is 6.18. The van der Waals surface area contributed by atoms with Crippen LogP contribution in [0, 0.1) is 0 Å². The third kappa shape index (κ3) is 4.39. The molecule has 0 N–H and O–H groups in total. The fourth-order valence-corrected chi connectivity index (χ4v) is 3.79. The number of carbonyl (C=O) groups excluding carboxylic acids is 2. The van der Waals surface area contributed by atoms with E-state index in [0.717, 1.165) is 33.4 Å². The third-order valence-electron chi connectivity index (χ3n) is 3.56. The van der Waals surface area contributed by atoms with Gasteiger partial charge in [0.05, 0.1) is 35.3 Å². The number of anilines is 1. The highest BCUT2D eigenvalue weighted by atomic mass is 32.2. The smallest absolute Gasteiger partial charge is 0.239 e. The molecule has 1 amide bonds. The Balaban J connectivity index is 1.93. The number of thioether (sulfide) groups is 1. The van der Waals surface area contributed by atoms with Crippen LogP contribution < -0.4 is 9.64 Å². The van der Waals surface area contributed by atoms with Gasteiger partial charge in [0.25, 0.3) is 0 Å². The second kappa shape index (κ2) is 8.29. The molecule has 0 aliphatic rings. The quantitative estimate of drug-likeness (QED) is 0.644. The number of hydrogen-bond donors (Lipinski definition) is 0. The van der Waals surface area contributed by atoms with E-state index < -0.39 is 0 Å². The van der Waals surface area contributed by atoms with Crippen LogP contribution >= 0.6 is 23.1 Å². The van der Waals surface area contributed by atoms with Gasteiger partial charge in [0, 0.05) is 13.1 Å². The highest BCUT2D eigenvalue weighted by Gasteiger charge is 2.21. The lowest BCUT2D eigenvalue weighted by molar-refractivity contribution is -0.116. The molecule has 3 aromatic rings. The zero-order valence-electron chi connectivity index (χ0n) is 14.3. The van der Waals surface area contributed by atoms with Crippen LogP contribution in [0.15, 0.2) is 42.6 Å². The molecule has 0 spiro atoms. The molecule has 1 aromatic carbocycles. The normalized spacial score (nSPS) is 10.7. The fraction of sp³-hybridized carbons (Fsp3) is 0.222. The van der Waals surface area contributed by atoms with Crippen LogP contribution in [0.3, 0.4) is 0 Å². The molecule has 0 saturated heterocycles. The van der Waals surface area contributed by atoms with Crippen LogP contribution in [-0.2, 0) is 16.1 Å². The van der Waals surface area contributed by atoms with Crippen molar-refractivity contribution in [2.75, 3.05) is 17.8 Å². The van der Waals surface area contributed by atoms with Crippen LogP contribution in [0.4, 0.5) is 5.13 Å². The van der Waals surface area contributed by atoms with Crippen molar-refractivity contribution in [1.82, 2.24) is 9.97 Å². The molecule has 26 heavy (non-hydrogen) atoms. The van der Waals surface area contributed by atoms with Crippen molar-refractivity contribution in [2.24, 2.45) is 0 Å². The van der Waals surface area contributed by atoms with Crippen LogP contribution in [0.1, 0.15) is 12.6 Å². The lowest BCUT2D eigenvalue weighted by Gasteiger charge is -2.19. The maximum atomic E-state index is 12.7. The Morgan fingerprint density at radius 2 is 2.12 bits per heavy atom. The second-order valence-corrected chi connectivity index (χ2v) is 7.57. The molecular formula is C18H17N3O3S2. The van der Waals surface area contributed by atoms with E-state index in [0.29, 0.717) is 11.7 Å². The van der Waals surface area contributed by atoms with Crippen molar-refractivity contribution in [3.63, 3.8) is 0 Å². The number of fused-ring (bicyclic) bond motifs is 1. The van der Waals surface area contributed by atoms with E-state index in [4.69, 9.17) is 4.74 Å². The van der Waals surface area contributed by atoms with Crippen LogP contribution in [0.5, 0.6) is 5.75 Å². The van der Waals surface area contributed by atoms with Gasteiger partial charge in [-0.05, 0) is 30.3 Å². The zero-order valence-corrected chi connectivity index (χ0v) is 16.0. The highest BCUT2D eigenvalue weighted by molar-refractivity contribution is 8.14. The first-order valence-corrected chi connectivity index (χ1v) is 9.65. The Hall–Kier alpha value is -2.45. The summed E-state index contributed by atoms with van der Waals surface area (Å²) in [6.45, 7) is 1.75. The predicted octanol–water partition coefficient (Wildman–Crippen LogP) is 3.51. The number of amides is 1. The lowest BCUT2D eigenvalue weighted by atomic mass is 10.3. The van der Waals surface area contributed by atoms with Gasteiger partial charge in [-0.1, -0.05) is 29.2 Å². The molecule has 0 aliphatic carbocycles. The summed E-state index contributed by atoms with van der Waals surface area (Å²) in [5, 5.41) is 0.484. The molecule has 2 aromatic heterocycles. The van der Waals surface area contributed by atoms with Crippen LogP contribution in [0.25, 0.3) is 10.2 Å². The summed E-state index contributed by atoms with van der Waals surface area (Å²) in [5.41, 5.74) is 1.55. The standard InChI is InChI=1S/C18H17N3O3S2/c1-12(22)25-11-17(23)21(10-13-5-3-4-8-19-13)18-20-15-7-6-14(24-2)9-16(15)26-18/h3-9H,10-11H2,1-2H3. The number of aromatic nitrogens is 2. The maximum Gasteiger partial charge on any atom is 0.239 e. The monoisotopic (exact) mass is 387 g/mol. The fourth-order valence-electron chi connectivity index (χ4n) is 2.29. The van der Waals surface area contributed by atoms with Crippen LogP contribution in [-0.4, -0.2) is 33.9 Å². The van der Waals surface area contributed by atoms with Gasteiger partial charge in [0.15, 0.2) is 10.2 Å². The Morgan fingerprint density at radius 1 is 1.27 bits per heavy atom. The second-order valence-electron chi connectivity index (χ2n) is 5.41. The van der Waals surface area contributed by atoms with Crippen molar-refractivity contribution in [3.8, 4) is 5.75 Å². The Morgan fingerprint density at radius 3 is 2.81 bits per heavy atom. The molecule has 0 unspecified atom stereocenters. The first-order valence-electron chi connectivity index (χ1n) is 7.85. The lowest BCUT2D eigenvalue weighted by Crippen LogP contribution is -2.32. The number of methoxy groups -OCH3 is 1. The molecule has 3 rings (SSSR count). The van der Waals surface area contributed by atoms with Gasteiger partial charge in [0.2, 0.25) is 5.91 Å². The van der Waals surface area contributed by atoms with Crippen LogP contribution in [0.2, 0.25) is 0 Å². The number of nitrogens with zero attached hydrogens (tertiary/aromatic N) is 3. The minimum Gasteiger partial charge on any atom is -0.497 e. The molecule has 0 fully saturated rings. The number of pyridine rings is 1. The first-order chi connectivity index (χ1) is 12.6. The highest BCUT2D eigenvalue weighted by Crippen LogP contribution is 2.32. The van der Waals surface area contributed by atoms with Gasteiger partial charge >= 0.3 is 0 Å². The van der Waals surface area contributed by atoms with Gasteiger partial charge < -0.3 is 4.74 Å². The number of ether oxygens (including phenoxy) is 1. The molecule has 2 heterocycles. The Bertz CT molecular complexity index is 928. The van der Waals surface area contributed by atoms with Gasteiger partial charge in [0.1, 0.15) is 5.75 Å². The molecule has 134 valence electrons. The number of hydrogen-bond acceptors (Lipinski definition) is 7. The Labute approximate surface area is 159 Å². The topological polar surface area (TPSA) is 72.4 Å². The van der Waals surface area contributed by atoms with E-state index in [1.165, 1.54) is 18.3 Å². The van der Waals surface area contributed by atoms with Crippen molar-refractivity contribution in [1.29, 1.82) is 0 Å². The number of rotatable bonds is 6. The van der Waals surface area contributed by atoms with Crippen molar-refractivity contribution < 1.29 is 14.3 Å². The summed E-state index contributed by atoms with van der Waals surface area (Å²) in [4.78, 5) is 34.4. The number of benzene rings is 1. The average molecular weight is 387 g/mol. The number of carbonyl (C=O) groups is 2. The zero-order chi connectivity index (χ0) is 18.5. The largest absolute Gasteiger partial charge is 0.497 e. The molecule has 0 radical (unpaired) electrons.